The van der Waals surface area contributed by atoms with Gasteiger partial charge >= 0.3 is 0 Å². The average Bonchev–Trinajstić information content (AvgIpc) is 2.88. The summed E-state index contributed by atoms with van der Waals surface area (Å²) >= 11 is 0. The number of aliphatic imine (C=N–C) groups is 1. The molecule has 1 atom stereocenters. The summed E-state index contributed by atoms with van der Waals surface area (Å²) in [7, 11) is 0. The van der Waals surface area contributed by atoms with Crippen molar-refractivity contribution in [3.63, 3.8) is 0 Å². The van der Waals surface area contributed by atoms with Gasteiger partial charge in [0.1, 0.15) is 5.76 Å². The Morgan fingerprint density at radius 2 is 1.47 bits per heavy atom. The Labute approximate surface area is 200 Å². The van der Waals surface area contributed by atoms with E-state index in [2.05, 4.69) is 24.3 Å². The molecular formula is C31H27NO2. The molecule has 34 heavy (non-hydrogen) atoms. The fourth-order valence-corrected chi connectivity index (χ4v) is 4.80. The van der Waals surface area contributed by atoms with Gasteiger partial charge in [0.2, 0.25) is 0 Å². The number of benzene rings is 4. The van der Waals surface area contributed by atoms with E-state index >= 15 is 0 Å². The first-order valence-corrected chi connectivity index (χ1v) is 11.7. The molecule has 5 rings (SSSR count). The normalized spacial score (nSPS) is 16.8. The number of carbonyl (C=O) groups excluding carboxylic acids is 1. The lowest BCUT2D eigenvalue weighted by atomic mass is 9.80. The van der Waals surface area contributed by atoms with E-state index in [1.807, 2.05) is 78.9 Å². The largest absolute Gasteiger partial charge is 0.511 e. The van der Waals surface area contributed by atoms with Crippen molar-refractivity contribution in [1.29, 1.82) is 0 Å². The molecule has 0 aliphatic heterocycles. The van der Waals surface area contributed by atoms with Crippen molar-refractivity contribution >= 4 is 22.3 Å². The summed E-state index contributed by atoms with van der Waals surface area (Å²) in [6, 6.07) is 34.4. The van der Waals surface area contributed by atoms with E-state index < -0.39 is 0 Å². The number of hydrogen-bond acceptors (Lipinski definition) is 3. The predicted octanol–water partition coefficient (Wildman–Crippen LogP) is 6.98. The summed E-state index contributed by atoms with van der Waals surface area (Å²) in [4.78, 5) is 18.3. The summed E-state index contributed by atoms with van der Waals surface area (Å²) in [5, 5.41) is 13.4. The van der Waals surface area contributed by atoms with Gasteiger partial charge in [-0.25, -0.2) is 0 Å². The zero-order valence-corrected chi connectivity index (χ0v) is 19.0. The summed E-state index contributed by atoms with van der Waals surface area (Å²) in [5.41, 5.74) is 4.31. The van der Waals surface area contributed by atoms with Gasteiger partial charge in [0.05, 0.1) is 17.8 Å². The van der Waals surface area contributed by atoms with Crippen LogP contribution in [0.2, 0.25) is 0 Å². The number of allylic oxidation sites excluding steroid dienone is 2. The van der Waals surface area contributed by atoms with Crippen LogP contribution in [0.5, 0.6) is 0 Å². The maximum atomic E-state index is 13.4. The number of carbonyl (C=O) groups is 1. The first-order chi connectivity index (χ1) is 16.7. The van der Waals surface area contributed by atoms with Crippen molar-refractivity contribution in [2.75, 3.05) is 0 Å². The Morgan fingerprint density at radius 3 is 2.24 bits per heavy atom. The van der Waals surface area contributed by atoms with Gasteiger partial charge in [-0.15, -0.1) is 0 Å². The number of nitrogens with zero attached hydrogens (tertiary/aromatic N) is 1. The molecule has 4 aromatic rings. The zero-order chi connectivity index (χ0) is 23.3. The first kappa shape index (κ1) is 21.8. The van der Waals surface area contributed by atoms with Crippen LogP contribution in [0, 0.1) is 0 Å². The molecule has 0 saturated carbocycles. The van der Waals surface area contributed by atoms with E-state index in [0.29, 0.717) is 37.1 Å². The van der Waals surface area contributed by atoms with Crippen LogP contribution in [-0.4, -0.2) is 16.6 Å². The third kappa shape index (κ3) is 4.69. The van der Waals surface area contributed by atoms with Crippen LogP contribution >= 0.6 is 0 Å². The van der Waals surface area contributed by atoms with Gasteiger partial charge in [-0.2, -0.15) is 0 Å². The molecule has 1 unspecified atom stereocenters. The Bertz CT molecular complexity index is 1370. The van der Waals surface area contributed by atoms with E-state index in [9.17, 15) is 9.90 Å². The lowest BCUT2D eigenvalue weighted by Crippen LogP contribution is -2.25. The Morgan fingerprint density at radius 1 is 0.794 bits per heavy atom. The van der Waals surface area contributed by atoms with E-state index in [-0.39, 0.29) is 17.5 Å². The summed E-state index contributed by atoms with van der Waals surface area (Å²) in [5.74, 6) is 0.104. The first-order valence-electron chi connectivity index (χ1n) is 11.7. The Balaban J connectivity index is 1.53. The smallest absolute Gasteiger partial charge is 0.168 e. The van der Waals surface area contributed by atoms with E-state index in [0.717, 1.165) is 27.5 Å². The maximum Gasteiger partial charge on any atom is 0.168 e. The molecule has 168 valence electrons. The van der Waals surface area contributed by atoms with Crippen molar-refractivity contribution in [2.24, 2.45) is 4.99 Å². The molecule has 0 saturated heterocycles. The van der Waals surface area contributed by atoms with Crippen LogP contribution in [0.25, 0.3) is 10.8 Å². The highest BCUT2D eigenvalue weighted by Gasteiger charge is 2.31. The van der Waals surface area contributed by atoms with E-state index in [4.69, 9.17) is 4.99 Å². The summed E-state index contributed by atoms with van der Waals surface area (Å²) < 4.78 is 0. The minimum Gasteiger partial charge on any atom is -0.511 e. The number of hydrogen-bond donors (Lipinski definition) is 1. The van der Waals surface area contributed by atoms with Crippen molar-refractivity contribution in [3.05, 3.63) is 131 Å². The van der Waals surface area contributed by atoms with E-state index in [1.165, 1.54) is 0 Å². The van der Waals surface area contributed by atoms with Gasteiger partial charge in [-0.3, -0.25) is 9.79 Å². The molecule has 3 nitrogen and oxygen atoms in total. The number of aliphatic hydroxyl groups is 1. The highest BCUT2D eigenvalue weighted by atomic mass is 16.3. The van der Waals surface area contributed by atoms with Crippen LogP contribution in [0.3, 0.4) is 0 Å². The Hall–Kier alpha value is -3.98. The molecule has 0 aromatic heterocycles. The molecule has 1 aliphatic rings. The second-order valence-corrected chi connectivity index (χ2v) is 8.82. The van der Waals surface area contributed by atoms with Crippen LogP contribution in [-0.2, 0) is 17.8 Å². The second-order valence-electron chi connectivity index (χ2n) is 8.82. The van der Waals surface area contributed by atoms with Crippen molar-refractivity contribution in [3.8, 4) is 0 Å². The number of aliphatic hydroxyl groups excluding tert-OH is 1. The zero-order valence-electron chi connectivity index (χ0n) is 19.0. The molecule has 0 amide bonds. The van der Waals surface area contributed by atoms with Crippen LogP contribution < -0.4 is 0 Å². The minimum absolute atomic E-state index is 0.00891. The topological polar surface area (TPSA) is 49.7 Å². The van der Waals surface area contributed by atoms with Gasteiger partial charge in [-0.1, -0.05) is 103 Å². The average molecular weight is 446 g/mol. The molecule has 0 spiro atoms. The molecule has 3 heteroatoms. The highest BCUT2D eigenvalue weighted by molar-refractivity contribution is 6.24. The lowest BCUT2D eigenvalue weighted by molar-refractivity contribution is -0.116. The van der Waals surface area contributed by atoms with Crippen LogP contribution in [0.15, 0.2) is 119 Å². The maximum absolute atomic E-state index is 13.4. The van der Waals surface area contributed by atoms with Crippen molar-refractivity contribution in [1.82, 2.24) is 0 Å². The standard InChI is InChI=1S/C31H27NO2/c33-29-19-26(23-12-5-2-6-13-23)20-30(34)31(29)28(32-21-22-10-3-1-4-11-22)18-25-16-9-15-24-14-7-8-17-27(24)25/h1-17,26,33H,18-21H2. The van der Waals surface area contributed by atoms with E-state index in [1.54, 1.807) is 0 Å². The summed E-state index contributed by atoms with van der Waals surface area (Å²) in [6.07, 6.45) is 1.32. The fraction of sp³-hybridized carbons (Fsp3) is 0.161. The molecule has 1 aliphatic carbocycles. The fourth-order valence-electron chi connectivity index (χ4n) is 4.80. The van der Waals surface area contributed by atoms with Crippen molar-refractivity contribution in [2.45, 2.75) is 31.7 Å². The molecule has 0 radical (unpaired) electrons. The molecule has 4 aromatic carbocycles. The van der Waals surface area contributed by atoms with Gasteiger partial charge in [0.15, 0.2) is 5.78 Å². The number of Topliss-reactive ketones (excluding diaryl/α,β-unsaturated/α-hetero) is 1. The Kier molecular flexibility index (Phi) is 6.35. The number of fused-ring (bicyclic) bond motifs is 1. The molecule has 0 bridgehead atoms. The quantitative estimate of drug-likeness (QED) is 0.325. The third-order valence-electron chi connectivity index (χ3n) is 6.53. The van der Waals surface area contributed by atoms with Gasteiger partial charge in [-0.05, 0) is 33.4 Å². The predicted molar refractivity (Wildman–Crippen MR) is 138 cm³/mol. The minimum atomic E-state index is -0.0374. The molecular weight excluding hydrogens is 418 g/mol. The van der Waals surface area contributed by atoms with Gasteiger partial charge in [0, 0.05) is 19.3 Å². The third-order valence-corrected chi connectivity index (χ3v) is 6.53. The monoisotopic (exact) mass is 445 g/mol. The van der Waals surface area contributed by atoms with Crippen molar-refractivity contribution < 1.29 is 9.90 Å². The molecule has 1 N–H and O–H groups in total. The summed E-state index contributed by atoms with van der Waals surface area (Å²) in [6.45, 7) is 0.465. The van der Waals surface area contributed by atoms with Gasteiger partial charge < -0.3 is 5.11 Å². The second kappa shape index (κ2) is 9.88. The molecule has 0 fully saturated rings. The SMILES string of the molecule is O=C1CC(c2ccccc2)CC(O)=C1C(Cc1cccc2ccccc12)=NCc1ccccc1. The van der Waals surface area contributed by atoms with Gasteiger partial charge in [0.25, 0.3) is 0 Å². The lowest BCUT2D eigenvalue weighted by Gasteiger charge is -2.25. The number of rotatable bonds is 6. The highest BCUT2D eigenvalue weighted by Crippen LogP contribution is 2.35. The van der Waals surface area contributed by atoms with Crippen LogP contribution in [0.4, 0.5) is 0 Å². The molecule has 0 heterocycles. The number of ketones is 1. The van der Waals surface area contributed by atoms with Crippen LogP contribution in [0.1, 0.15) is 35.4 Å².